The van der Waals surface area contributed by atoms with E-state index in [1.165, 1.54) is 45.2 Å². The summed E-state index contributed by atoms with van der Waals surface area (Å²) in [6.45, 7) is 3.24. The number of benzene rings is 1. The summed E-state index contributed by atoms with van der Waals surface area (Å²) in [5, 5.41) is 6.02. The zero-order chi connectivity index (χ0) is 20.9. The topological polar surface area (TPSA) is 63.7 Å². The van der Waals surface area contributed by atoms with Crippen LogP contribution in [0.5, 0.6) is 11.5 Å². The number of methoxy groups -OCH3 is 2. The smallest absolute Gasteiger partial charge is 0.226 e. The maximum atomic E-state index is 12.5. The van der Waals surface area contributed by atoms with Crippen molar-refractivity contribution in [3.63, 3.8) is 0 Å². The van der Waals surface area contributed by atoms with Crippen molar-refractivity contribution in [1.29, 1.82) is 0 Å². The number of nitrogens with one attached hydrogen (secondary N) is 1. The highest BCUT2D eigenvalue weighted by molar-refractivity contribution is 7.13. The monoisotopic (exact) mass is 429 g/mol. The molecule has 2 aromatic rings. The molecule has 0 saturated carbocycles. The Balaban J connectivity index is 1.33. The van der Waals surface area contributed by atoms with E-state index in [-0.39, 0.29) is 5.91 Å². The average molecular weight is 430 g/mol. The first-order valence-electron chi connectivity index (χ1n) is 10.9. The molecular formula is C23H31N3O3S. The maximum Gasteiger partial charge on any atom is 0.226 e. The molecule has 0 radical (unpaired) electrons. The molecule has 6 nitrogen and oxygen atoms in total. The summed E-state index contributed by atoms with van der Waals surface area (Å²) >= 11 is 1.54. The summed E-state index contributed by atoms with van der Waals surface area (Å²) in [6.07, 6.45) is 6.72. The van der Waals surface area contributed by atoms with Gasteiger partial charge in [0.05, 0.1) is 26.3 Å². The van der Waals surface area contributed by atoms with E-state index in [0.29, 0.717) is 29.9 Å². The minimum Gasteiger partial charge on any atom is -0.493 e. The van der Waals surface area contributed by atoms with Crippen molar-refractivity contribution in [3.8, 4) is 22.1 Å². The second-order valence-corrected chi connectivity index (χ2v) is 9.05. The molecule has 7 heteroatoms. The van der Waals surface area contributed by atoms with Crippen molar-refractivity contribution in [2.75, 3.05) is 33.9 Å². The fourth-order valence-electron chi connectivity index (χ4n) is 4.78. The molecule has 0 aliphatic carbocycles. The molecule has 0 bridgehead atoms. The summed E-state index contributed by atoms with van der Waals surface area (Å²) in [5.74, 6) is 2.01. The number of fused-ring (bicyclic) bond motifs is 1. The van der Waals surface area contributed by atoms with Gasteiger partial charge >= 0.3 is 0 Å². The Bertz CT molecular complexity index is 867. The lowest BCUT2D eigenvalue weighted by Crippen LogP contribution is -2.51. The molecule has 1 N–H and O–H groups in total. The van der Waals surface area contributed by atoms with Gasteiger partial charge in [0.15, 0.2) is 11.5 Å². The van der Waals surface area contributed by atoms with Crippen LogP contribution in [0.4, 0.5) is 0 Å². The molecule has 4 rings (SSSR count). The van der Waals surface area contributed by atoms with E-state index in [0.717, 1.165) is 22.8 Å². The van der Waals surface area contributed by atoms with Gasteiger partial charge in [-0.15, -0.1) is 11.3 Å². The summed E-state index contributed by atoms with van der Waals surface area (Å²) in [4.78, 5) is 19.9. The number of amides is 1. The number of piperidine rings is 2. The zero-order valence-electron chi connectivity index (χ0n) is 17.9. The fraction of sp³-hybridized carbons (Fsp3) is 0.565. The van der Waals surface area contributed by atoms with Crippen molar-refractivity contribution in [3.05, 3.63) is 29.3 Å². The van der Waals surface area contributed by atoms with Crippen molar-refractivity contribution in [2.24, 2.45) is 5.92 Å². The van der Waals surface area contributed by atoms with Crippen LogP contribution in [0.3, 0.4) is 0 Å². The largest absolute Gasteiger partial charge is 0.493 e. The SMILES string of the molecule is COc1ccc(-c2nc(CC(=O)NCC3CCCN4CCCCC34)cs2)cc1OC. The van der Waals surface area contributed by atoms with E-state index in [9.17, 15) is 4.79 Å². The number of ether oxygens (including phenoxy) is 2. The van der Waals surface area contributed by atoms with Gasteiger partial charge in [-0.3, -0.25) is 4.79 Å². The predicted molar refractivity (Wildman–Crippen MR) is 119 cm³/mol. The Labute approximate surface area is 182 Å². The molecule has 2 saturated heterocycles. The highest BCUT2D eigenvalue weighted by Gasteiger charge is 2.32. The van der Waals surface area contributed by atoms with Gasteiger partial charge in [0.25, 0.3) is 0 Å². The number of hydrogen-bond donors (Lipinski definition) is 1. The molecule has 30 heavy (non-hydrogen) atoms. The van der Waals surface area contributed by atoms with Gasteiger partial charge in [-0.1, -0.05) is 6.42 Å². The molecule has 162 valence electrons. The van der Waals surface area contributed by atoms with E-state index in [4.69, 9.17) is 9.47 Å². The van der Waals surface area contributed by atoms with E-state index in [1.807, 2.05) is 23.6 Å². The third-order valence-corrected chi connectivity index (χ3v) is 7.25. The predicted octanol–water partition coefficient (Wildman–Crippen LogP) is 3.75. The normalized spacial score (nSPS) is 21.7. The minimum absolute atomic E-state index is 0.0621. The highest BCUT2D eigenvalue weighted by atomic mass is 32.1. The van der Waals surface area contributed by atoms with Gasteiger partial charge < -0.3 is 19.7 Å². The molecule has 2 unspecified atom stereocenters. The van der Waals surface area contributed by atoms with E-state index < -0.39 is 0 Å². The first-order chi connectivity index (χ1) is 14.7. The van der Waals surface area contributed by atoms with Gasteiger partial charge in [-0.25, -0.2) is 4.98 Å². The van der Waals surface area contributed by atoms with Crippen LogP contribution < -0.4 is 14.8 Å². The Morgan fingerprint density at radius 3 is 2.83 bits per heavy atom. The summed E-state index contributed by atoms with van der Waals surface area (Å²) in [5.41, 5.74) is 1.77. The van der Waals surface area contributed by atoms with Crippen LogP contribution in [0, 0.1) is 5.92 Å². The first-order valence-corrected chi connectivity index (χ1v) is 11.7. The van der Waals surface area contributed by atoms with E-state index in [1.54, 1.807) is 25.6 Å². The van der Waals surface area contributed by atoms with Crippen molar-refractivity contribution >= 4 is 17.2 Å². The van der Waals surface area contributed by atoms with Gasteiger partial charge in [-0.2, -0.15) is 0 Å². The number of hydrogen-bond acceptors (Lipinski definition) is 6. The molecule has 1 aromatic heterocycles. The lowest BCUT2D eigenvalue weighted by Gasteiger charge is -2.44. The third kappa shape index (κ3) is 4.78. The number of carbonyl (C=O) groups excluding carboxylic acids is 1. The minimum atomic E-state index is 0.0621. The molecule has 2 aliphatic rings. The number of thiazole rings is 1. The van der Waals surface area contributed by atoms with Crippen LogP contribution in [0.2, 0.25) is 0 Å². The van der Waals surface area contributed by atoms with Crippen LogP contribution in [-0.4, -0.2) is 55.7 Å². The van der Waals surface area contributed by atoms with Gasteiger partial charge in [0.2, 0.25) is 5.91 Å². The number of carbonyl (C=O) groups is 1. The Hall–Kier alpha value is -2.12. The molecule has 2 atom stereocenters. The Morgan fingerprint density at radius 1 is 1.17 bits per heavy atom. The maximum absolute atomic E-state index is 12.5. The van der Waals surface area contributed by atoms with Crippen molar-refractivity contribution in [1.82, 2.24) is 15.2 Å². The molecule has 3 heterocycles. The summed E-state index contributed by atoms with van der Waals surface area (Å²) in [7, 11) is 3.24. The third-order valence-electron chi connectivity index (χ3n) is 6.31. The highest BCUT2D eigenvalue weighted by Crippen LogP contribution is 2.34. The number of rotatable bonds is 7. The second kappa shape index (κ2) is 9.79. The number of nitrogens with zero attached hydrogens (tertiary/aromatic N) is 2. The molecule has 0 spiro atoms. The van der Waals surface area contributed by atoms with E-state index in [2.05, 4.69) is 15.2 Å². The lowest BCUT2D eigenvalue weighted by atomic mass is 9.83. The molecular weight excluding hydrogens is 398 g/mol. The van der Waals surface area contributed by atoms with Crippen molar-refractivity contribution in [2.45, 2.75) is 44.6 Å². The van der Waals surface area contributed by atoms with Crippen LogP contribution in [-0.2, 0) is 11.2 Å². The zero-order valence-corrected chi connectivity index (χ0v) is 18.7. The van der Waals surface area contributed by atoms with Crippen LogP contribution in [0.1, 0.15) is 37.8 Å². The molecule has 1 amide bonds. The summed E-state index contributed by atoms with van der Waals surface area (Å²) < 4.78 is 10.7. The molecule has 1 aromatic carbocycles. The molecule has 2 aliphatic heterocycles. The van der Waals surface area contributed by atoms with Crippen LogP contribution >= 0.6 is 11.3 Å². The first kappa shape index (κ1) is 21.1. The van der Waals surface area contributed by atoms with Gasteiger partial charge in [-0.05, 0) is 62.9 Å². The standard InChI is InChI=1S/C23H31N3O3S/c1-28-20-9-8-16(12-21(20)29-2)23-25-18(15-30-23)13-22(27)24-14-17-6-5-11-26-10-4-3-7-19(17)26/h8-9,12,15,17,19H,3-7,10-11,13-14H2,1-2H3,(H,24,27). The second-order valence-electron chi connectivity index (χ2n) is 8.20. The quantitative estimate of drug-likeness (QED) is 0.726. The van der Waals surface area contributed by atoms with Crippen molar-refractivity contribution < 1.29 is 14.3 Å². The van der Waals surface area contributed by atoms with E-state index >= 15 is 0 Å². The Morgan fingerprint density at radius 2 is 2.00 bits per heavy atom. The van der Waals surface area contributed by atoms with Gasteiger partial charge in [0, 0.05) is 23.5 Å². The number of aromatic nitrogens is 1. The van der Waals surface area contributed by atoms with Crippen LogP contribution in [0.15, 0.2) is 23.6 Å². The van der Waals surface area contributed by atoms with Crippen LogP contribution in [0.25, 0.3) is 10.6 Å². The lowest BCUT2D eigenvalue weighted by molar-refractivity contribution is -0.120. The summed E-state index contributed by atoms with van der Waals surface area (Å²) in [6, 6.07) is 6.41. The fourth-order valence-corrected chi connectivity index (χ4v) is 5.59. The average Bonchev–Trinajstić information content (AvgIpc) is 3.25. The van der Waals surface area contributed by atoms with Gasteiger partial charge in [0.1, 0.15) is 5.01 Å². The molecule has 2 fully saturated rings. The Kier molecular flexibility index (Phi) is 6.89.